The Morgan fingerprint density at radius 1 is 1.00 bits per heavy atom. The molecule has 0 saturated carbocycles. The van der Waals surface area contributed by atoms with Gasteiger partial charge in [0.1, 0.15) is 19.3 Å². The lowest BCUT2D eigenvalue weighted by Crippen LogP contribution is -2.30. The second-order valence-corrected chi connectivity index (χ2v) is 8.71. The molecule has 0 unspecified atom stereocenters. The molecular formula is C21H22N5O6P. The first-order chi connectivity index (χ1) is 16.0. The number of hydrogen-bond donors (Lipinski definition) is 0. The van der Waals surface area contributed by atoms with Gasteiger partial charge in [-0.1, -0.05) is 18.2 Å². The largest absolute Gasteiger partial charge is 0.410 e. The van der Waals surface area contributed by atoms with Crippen LogP contribution < -0.4 is 9.74 Å². The van der Waals surface area contributed by atoms with E-state index in [9.17, 15) is 14.2 Å². The molecule has 12 heteroatoms. The van der Waals surface area contributed by atoms with E-state index >= 15 is 0 Å². The average Bonchev–Trinajstić information content (AvgIpc) is 3.33. The van der Waals surface area contributed by atoms with E-state index in [1.165, 1.54) is 23.2 Å². The predicted octanol–water partition coefficient (Wildman–Crippen LogP) is 3.23. The first-order valence-electron chi connectivity index (χ1n) is 10.3. The van der Waals surface area contributed by atoms with Crippen molar-refractivity contribution in [3.8, 4) is 0 Å². The standard InChI is InChI=1S/C21H22N5O6P/c1-3-31-33(29,32-4-2)12-8-7-11-30-25-14-24-17-18(25)22-13-23-19(17)26-20(27)15-9-5-6-10-16(15)21(26)28/h5-6,8-10,12-14H,3-4,7,11H2,1-2H3. The molecule has 172 valence electrons. The van der Waals surface area contributed by atoms with Crippen molar-refractivity contribution in [3.63, 3.8) is 0 Å². The Morgan fingerprint density at radius 3 is 2.30 bits per heavy atom. The van der Waals surface area contributed by atoms with Crippen molar-refractivity contribution in [2.45, 2.75) is 20.3 Å². The minimum Gasteiger partial charge on any atom is -0.410 e. The first kappa shape index (κ1) is 22.8. The summed E-state index contributed by atoms with van der Waals surface area (Å²) in [5, 5.41) is 0. The number of fused-ring (bicyclic) bond motifs is 2. The van der Waals surface area contributed by atoms with Gasteiger partial charge in [0, 0.05) is 12.2 Å². The number of anilines is 1. The van der Waals surface area contributed by atoms with Crippen LogP contribution in [0, 0.1) is 0 Å². The van der Waals surface area contributed by atoms with Gasteiger partial charge in [0.25, 0.3) is 11.8 Å². The van der Waals surface area contributed by atoms with Crippen molar-refractivity contribution in [1.82, 2.24) is 19.7 Å². The smallest absolute Gasteiger partial charge is 0.353 e. The van der Waals surface area contributed by atoms with Crippen LogP contribution in [0.15, 0.2) is 48.8 Å². The summed E-state index contributed by atoms with van der Waals surface area (Å²) in [4.78, 5) is 44.8. The van der Waals surface area contributed by atoms with Crippen LogP contribution in [0.1, 0.15) is 41.0 Å². The van der Waals surface area contributed by atoms with Crippen molar-refractivity contribution in [2.75, 3.05) is 24.7 Å². The third-order valence-electron chi connectivity index (χ3n) is 4.71. The Labute approximate surface area is 189 Å². The second-order valence-electron chi connectivity index (χ2n) is 6.81. The van der Waals surface area contributed by atoms with E-state index in [1.54, 1.807) is 44.2 Å². The normalized spacial score (nSPS) is 13.9. The van der Waals surface area contributed by atoms with Gasteiger partial charge in [-0.2, -0.15) is 4.73 Å². The average molecular weight is 471 g/mol. The van der Waals surface area contributed by atoms with Crippen LogP contribution in [0.25, 0.3) is 11.2 Å². The van der Waals surface area contributed by atoms with Crippen LogP contribution in [0.4, 0.5) is 5.82 Å². The van der Waals surface area contributed by atoms with Crippen LogP contribution in [0.5, 0.6) is 0 Å². The lowest BCUT2D eigenvalue weighted by Gasteiger charge is -2.13. The topological polar surface area (TPSA) is 126 Å². The summed E-state index contributed by atoms with van der Waals surface area (Å²) in [6.07, 6.45) is 4.70. The highest BCUT2D eigenvalue weighted by molar-refractivity contribution is 7.57. The molecule has 1 aliphatic rings. The van der Waals surface area contributed by atoms with Crippen molar-refractivity contribution in [1.29, 1.82) is 0 Å². The summed E-state index contributed by atoms with van der Waals surface area (Å²) in [7, 11) is -3.26. The van der Waals surface area contributed by atoms with Gasteiger partial charge >= 0.3 is 7.60 Å². The van der Waals surface area contributed by atoms with Crippen LogP contribution in [0.3, 0.4) is 0 Å². The third kappa shape index (κ3) is 4.43. The number of benzene rings is 1. The van der Waals surface area contributed by atoms with Gasteiger partial charge in [-0.15, -0.1) is 0 Å². The van der Waals surface area contributed by atoms with Crippen LogP contribution >= 0.6 is 7.60 Å². The van der Waals surface area contributed by atoms with Gasteiger partial charge in [-0.3, -0.25) is 14.2 Å². The second kappa shape index (κ2) is 9.62. The molecule has 0 aliphatic carbocycles. The highest BCUT2D eigenvalue weighted by Gasteiger charge is 2.38. The number of carbonyl (C=O) groups excluding carboxylic acids is 2. The van der Waals surface area contributed by atoms with Gasteiger partial charge in [0.15, 0.2) is 11.3 Å². The van der Waals surface area contributed by atoms with E-state index in [0.717, 1.165) is 4.90 Å². The summed E-state index contributed by atoms with van der Waals surface area (Å²) < 4.78 is 24.1. The maximum atomic E-state index is 12.8. The molecule has 0 radical (unpaired) electrons. The summed E-state index contributed by atoms with van der Waals surface area (Å²) in [6, 6.07) is 6.59. The number of rotatable bonds is 10. The number of hydrogen-bond acceptors (Lipinski definition) is 9. The minimum absolute atomic E-state index is 0.0859. The fourth-order valence-electron chi connectivity index (χ4n) is 3.35. The SMILES string of the molecule is CCOP(=O)(C=CCCOn1cnc2c(N3C(=O)c4ccccc4C3=O)ncnc21)OCC. The number of amides is 2. The van der Waals surface area contributed by atoms with E-state index in [2.05, 4.69) is 15.0 Å². The maximum absolute atomic E-state index is 12.8. The van der Waals surface area contributed by atoms with E-state index in [-0.39, 0.29) is 31.2 Å². The highest BCUT2D eigenvalue weighted by Crippen LogP contribution is 2.49. The van der Waals surface area contributed by atoms with Gasteiger partial charge in [0.2, 0.25) is 5.65 Å². The fraction of sp³-hybridized carbons (Fsp3) is 0.286. The maximum Gasteiger partial charge on any atom is 0.353 e. The molecule has 1 aromatic carbocycles. The summed E-state index contributed by atoms with van der Waals surface area (Å²) in [6.45, 7) is 4.24. The Bertz CT molecular complexity index is 1230. The van der Waals surface area contributed by atoms with Gasteiger partial charge in [-0.05, 0) is 26.0 Å². The Hall–Kier alpha value is -3.40. The third-order valence-corrected chi connectivity index (χ3v) is 6.52. The molecule has 0 saturated heterocycles. The van der Waals surface area contributed by atoms with Crippen LogP contribution in [0.2, 0.25) is 0 Å². The van der Waals surface area contributed by atoms with Crippen molar-refractivity contribution < 1.29 is 28.0 Å². The molecule has 33 heavy (non-hydrogen) atoms. The quantitative estimate of drug-likeness (QED) is 0.249. The number of imide groups is 1. The number of carbonyl (C=O) groups is 2. The zero-order valence-corrected chi connectivity index (χ0v) is 19.0. The van der Waals surface area contributed by atoms with E-state index in [0.29, 0.717) is 23.2 Å². The molecule has 0 fully saturated rings. The molecule has 1 aliphatic heterocycles. The van der Waals surface area contributed by atoms with Crippen molar-refractivity contribution in [3.05, 3.63) is 59.9 Å². The zero-order valence-electron chi connectivity index (χ0n) is 18.1. The molecule has 2 amide bonds. The van der Waals surface area contributed by atoms with Gasteiger partial charge in [-0.25, -0.2) is 19.9 Å². The number of imidazole rings is 1. The van der Waals surface area contributed by atoms with E-state index in [1.807, 2.05) is 0 Å². The fourth-order valence-corrected chi connectivity index (χ4v) is 4.72. The molecule has 0 atom stereocenters. The highest BCUT2D eigenvalue weighted by atomic mass is 31.2. The molecule has 2 aromatic heterocycles. The summed E-state index contributed by atoms with van der Waals surface area (Å²) in [5.41, 5.74) is 1.18. The predicted molar refractivity (Wildman–Crippen MR) is 119 cm³/mol. The van der Waals surface area contributed by atoms with E-state index < -0.39 is 19.4 Å². The van der Waals surface area contributed by atoms with Crippen molar-refractivity contribution >= 4 is 36.4 Å². The lowest BCUT2D eigenvalue weighted by molar-refractivity contribution is 0.0925. The zero-order chi connectivity index (χ0) is 23.4. The molecule has 11 nitrogen and oxygen atoms in total. The van der Waals surface area contributed by atoms with Gasteiger partial charge < -0.3 is 13.9 Å². The van der Waals surface area contributed by atoms with Crippen LogP contribution in [-0.4, -0.2) is 51.3 Å². The lowest BCUT2D eigenvalue weighted by atomic mass is 10.1. The Balaban J connectivity index is 1.49. The van der Waals surface area contributed by atoms with Crippen molar-refractivity contribution in [2.24, 2.45) is 0 Å². The molecule has 4 rings (SSSR count). The molecule has 3 heterocycles. The molecule has 0 N–H and O–H groups in total. The molecule has 3 aromatic rings. The molecule has 0 spiro atoms. The molecule has 0 bridgehead atoms. The first-order valence-corrected chi connectivity index (χ1v) is 12.0. The summed E-state index contributed by atoms with van der Waals surface area (Å²) >= 11 is 0. The monoisotopic (exact) mass is 471 g/mol. The number of nitrogens with zero attached hydrogens (tertiary/aromatic N) is 5. The minimum atomic E-state index is -3.26. The Kier molecular flexibility index (Phi) is 6.64. The summed E-state index contributed by atoms with van der Waals surface area (Å²) in [5.74, 6) is 0.564. The van der Waals surface area contributed by atoms with Crippen LogP contribution in [-0.2, 0) is 13.6 Å². The van der Waals surface area contributed by atoms with Gasteiger partial charge in [0.05, 0.1) is 24.3 Å². The Morgan fingerprint density at radius 2 is 1.67 bits per heavy atom. The number of aromatic nitrogens is 4. The van der Waals surface area contributed by atoms with E-state index in [4.69, 9.17) is 13.9 Å². The molecular weight excluding hydrogens is 449 g/mol.